The molecule has 160 valence electrons. The molecule has 1 aromatic rings. The highest BCUT2D eigenvalue weighted by atomic mass is 16.6. The van der Waals surface area contributed by atoms with Crippen LogP contribution in [0.5, 0.6) is 0 Å². The normalized spacial score (nSPS) is 15.1. The number of nitrogens with one attached hydrogen (secondary N) is 1. The van der Waals surface area contributed by atoms with E-state index in [0.717, 1.165) is 12.8 Å². The van der Waals surface area contributed by atoms with Crippen molar-refractivity contribution in [3.8, 4) is 0 Å². The van der Waals surface area contributed by atoms with Gasteiger partial charge in [-0.2, -0.15) is 0 Å². The predicted molar refractivity (Wildman–Crippen MR) is 108 cm³/mol. The molecule has 0 bridgehead atoms. The lowest BCUT2D eigenvalue weighted by Gasteiger charge is -2.28. The maximum absolute atomic E-state index is 12.3. The van der Waals surface area contributed by atoms with Gasteiger partial charge in [0.15, 0.2) is 6.61 Å². The summed E-state index contributed by atoms with van der Waals surface area (Å²) in [5, 5.41) is 14.2. The molecular formula is C20H29N3O6. The van der Waals surface area contributed by atoms with Crippen LogP contribution in [-0.2, 0) is 14.3 Å². The van der Waals surface area contributed by atoms with Gasteiger partial charge in [0.2, 0.25) is 0 Å². The highest BCUT2D eigenvalue weighted by molar-refractivity contribution is 5.93. The van der Waals surface area contributed by atoms with E-state index >= 15 is 0 Å². The number of esters is 1. The number of hydrogen-bond donors (Lipinski definition) is 1. The lowest BCUT2D eigenvalue weighted by Crippen LogP contribution is -2.36. The van der Waals surface area contributed by atoms with Crippen molar-refractivity contribution in [1.29, 1.82) is 0 Å². The minimum Gasteiger partial charge on any atom is -0.452 e. The van der Waals surface area contributed by atoms with Gasteiger partial charge in [-0.05, 0) is 37.8 Å². The van der Waals surface area contributed by atoms with Gasteiger partial charge in [0.25, 0.3) is 11.6 Å². The molecule has 0 aromatic heterocycles. The number of carbonyl (C=O) groups is 2. The fourth-order valence-corrected chi connectivity index (χ4v) is 3.05. The molecule has 1 aliphatic heterocycles. The summed E-state index contributed by atoms with van der Waals surface area (Å²) in [7, 11) is 0. The second-order valence-electron chi connectivity index (χ2n) is 7.58. The van der Waals surface area contributed by atoms with E-state index in [2.05, 4.69) is 19.2 Å². The second kappa shape index (κ2) is 10.8. The SMILES string of the molecule is CC(C)CC[C@@H](C)NC(=O)COC(=O)c1ccc(N2CCOCC2)c([N+](=O)[O-])c1. The molecule has 0 saturated carbocycles. The maximum Gasteiger partial charge on any atom is 0.338 e. The summed E-state index contributed by atoms with van der Waals surface area (Å²) in [6, 6.07) is 4.19. The molecule has 1 saturated heterocycles. The summed E-state index contributed by atoms with van der Waals surface area (Å²) < 4.78 is 10.3. The van der Waals surface area contributed by atoms with Gasteiger partial charge in [-0.1, -0.05) is 13.8 Å². The summed E-state index contributed by atoms with van der Waals surface area (Å²) in [4.78, 5) is 37.0. The minimum atomic E-state index is -0.772. The van der Waals surface area contributed by atoms with Crippen molar-refractivity contribution in [2.45, 2.75) is 39.7 Å². The average Bonchev–Trinajstić information content (AvgIpc) is 2.70. The van der Waals surface area contributed by atoms with E-state index < -0.39 is 23.4 Å². The number of anilines is 1. The van der Waals surface area contributed by atoms with Crippen molar-refractivity contribution >= 4 is 23.3 Å². The van der Waals surface area contributed by atoms with Crippen LogP contribution in [0, 0.1) is 16.0 Å². The van der Waals surface area contributed by atoms with Gasteiger partial charge in [-0.25, -0.2) is 4.79 Å². The van der Waals surface area contributed by atoms with Gasteiger partial charge in [-0.15, -0.1) is 0 Å². The number of amides is 1. The van der Waals surface area contributed by atoms with Crippen molar-refractivity contribution < 1.29 is 24.0 Å². The number of benzene rings is 1. The number of hydrogen-bond acceptors (Lipinski definition) is 7. The first-order chi connectivity index (χ1) is 13.8. The third-order valence-corrected chi connectivity index (χ3v) is 4.68. The zero-order valence-corrected chi connectivity index (χ0v) is 17.2. The molecule has 1 atom stereocenters. The molecule has 1 N–H and O–H groups in total. The summed E-state index contributed by atoms with van der Waals surface area (Å²) in [6.45, 7) is 7.76. The summed E-state index contributed by atoms with van der Waals surface area (Å²) in [5.41, 5.74) is 0.300. The van der Waals surface area contributed by atoms with Crippen molar-refractivity contribution in [3.63, 3.8) is 0 Å². The van der Waals surface area contributed by atoms with E-state index in [1.165, 1.54) is 18.2 Å². The Morgan fingerprint density at radius 2 is 1.93 bits per heavy atom. The van der Waals surface area contributed by atoms with E-state index in [0.29, 0.717) is 37.9 Å². The van der Waals surface area contributed by atoms with Gasteiger partial charge < -0.3 is 19.7 Å². The fourth-order valence-electron chi connectivity index (χ4n) is 3.05. The molecule has 1 fully saturated rings. The van der Waals surface area contributed by atoms with Crippen LogP contribution in [-0.4, -0.2) is 55.8 Å². The molecule has 1 aliphatic rings. The van der Waals surface area contributed by atoms with Crippen molar-refractivity contribution in [2.24, 2.45) is 5.92 Å². The Hall–Kier alpha value is -2.68. The summed E-state index contributed by atoms with van der Waals surface area (Å²) in [6.07, 6.45) is 1.83. The highest BCUT2D eigenvalue weighted by Crippen LogP contribution is 2.30. The Kier molecular flexibility index (Phi) is 8.38. The van der Waals surface area contributed by atoms with E-state index in [-0.39, 0.29) is 17.3 Å². The van der Waals surface area contributed by atoms with E-state index in [9.17, 15) is 19.7 Å². The number of morpholine rings is 1. The molecule has 9 heteroatoms. The van der Waals surface area contributed by atoms with Crippen molar-refractivity contribution in [2.75, 3.05) is 37.8 Å². The first-order valence-electron chi connectivity index (χ1n) is 9.85. The van der Waals surface area contributed by atoms with Crippen LogP contribution in [0.4, 0.5) is 11.4 Å². The summed E-state index contributed by atoms with van der Waals surface area (Å²) in [5.74, 6) is -0.621. The number of nitro benzene ring substituents is 1. The third-order valence-electron chi connectivity index (χ3n) is 4.68. The van der Waals surface area contributed by atoms with Crippen molar-refractivity contribution in [3.05, 3.63) is 33.9 Å². The zero-order chi connectivity index (χ0) is 21.4. The Morgan fingerprint density at radius 3 is 2.55 bits per heavy atom. The fraction of sp³-hybridized carbons (Fsp3) is 0.600. The molecule has 9 nitrogen and oxygen atoms in total. The molecule has 0 radical (unpaired) electrons. The monoisotopic (exact) mass is 407 g/mol. The molecule has 29 heavy (non-hydrogen) atoms. The van der Waals surface area contributed by atoms with Gasteiger partial charge >= 0.3 is 5.97 Å². The van der Waals surface area contributed by atoms with E-state index in [1.807, 2.05) is 11.8 Å². The molecule has 2 rings (SSSR count). The molecule has 0 aliphatic carbocycles. The Morgan fingerprint density at radius 1 is 1.24 bits per heavy atom. The first kappa shape index (κ1) is 22.6. The standard InChI is InChI=1S/C20H29N3O6/c1-14(2)4-5-15(3)21-19(24)13-29-20(25)16-6-7-17(18(12-16)23(26)27)22-8-10-28-11-9-22/h6-7,12,14-15H,4-5,8-11,13H2,1-3H3,(H,21,24)/t15-/m1/s1. The smallest absolute Gasteiger partial charge is 0.338 e. The zero-order valence-electron chi connectivity index (χ0n) is 17.2. The predicted octanol–water partition coefficient (Wildman–Crippen LogP) is 2.53. The van der Waals surface area contributed by atoms with Crippen LogP contribution >= 0.6 is 0 Å². The van der Waals surface area contributed by atoms with Crippen LogP contribution in [0.2, 0.25) is 0 Å². The van der Waals surface area contributed by atoms with Crippen LogP contribution in [0.15, 0.2) is 18.2 Å². The first-order valence-corrected chi connectivity index (χ1v) is 9.85. The largest absolute Gasteiger partial charge is 0.452 e. The molecule has 0 unspecified atom stereocenters. The summed E-state index contributed by atoms with van der Waals surface area (Å²) >= 11 is 0. The molecule has 1 aromatic carbocycles. The lowest BCUT2D eigenvalue weighted by molar-refractivity contribution is -0.384. The minimum absolute atomic E-state index is 0.0162. The molecule has 1 heterocycles. The second-order valence-corrected chi connectivity index (χ2v) is 7.58. The average molecular weight is 407 g/mol. The topological polar surface area (TPSA) is 111 Å². The van der Waals surface area contributed by atoms with Gasteiger partial charge in [-0.3, -0.25) is 14.9 Å². The lowest BCUT2D eigenvalue weighted by atomic mass is 10.0. The Labute approximate surface area is 170 Å². The number of ether oxygens (including phenoxy) is 2. The highest BCUT2D eigenvalue weighted by Gasteiger charge is 2.24. The van der Waals surface area contributed by atoms with Gasteiger partial charge in [0.05, 0.1) is 23.7 Å². The molecule has 0 spiro atoms. The van der Waals surface area contributed by atoms with Crippen LogP contribution in [0.25, 0.3) is 0 Å². The van der Waals surface area contributed by atoms with Gasteiger partial charge in [0, 0.05) is 25.2 Å². The van der Waals surface area contributed by atoms with Crippen LogP contribution in [0.3, 0.4) is 0 Å². The maximum atomic E-state index is 12.3. The van der Waals surface area contributed by atoms with Crippen molar-refractivity contribution in [1.82, 2.24) is 5.32 Å². The van der Waals surface area contributed by atoms with Gasteiger partial charge in [0.1, 0.15) is 5.69 Å². The Bertz CT molecular complexity index is 731. The number of carbonyl (C=O) groups excluding carboxylic acids is 2. The quantitative estimate of drug-likeness (QED) is 0.380. The molecule has 1 amide bonds. The third kappa shape index (κ3) is 7.01. The van der Waals surface area contributed by atoms with Crippen LogP contribution < -0.4 is 10.2 Å². The number of nitrogens with zero attached hydrogens (tertiary/aromatic N) is 2. The van der Waals surface area contributed by atoms with E-state index in [1.54, 1.807) is 0 Å². The Balaban J connectivity index is 1.95. The van der Waals surface area contributed by atoms with E-state index in [4.69, 9.17) is 9.47 Å². The number of nitro groups is 1. The number of rotatable bonds is 9. The molecular weight excluding hydrogens is 378 g/mol. The van der Waals surface area contributed by atoms with Crippen LogP contribution in [0.1, 0.15) is 44.0 Å².